The van der Waals surface area contributed by atoms with Gasteiger partial charge in [0.25, 0.3) is 0 Å². The lowest BCUT2D eigenvalue weighted by atomic mass is 10.4. The van der Waals surface area contributed by atoms with Crippen LogP contribution in [0.4, 0.5) is 11.4 Å². The maximum atomic E-state index is 10.7. The summed E-state index contributed by atoms with van der Waals surface area (Å²) in [5.74, 6) is 0. The Kier molecular flexibility index (Phi) is 8.73. The third kappa shape index (κ3) is 6.62. The highest BCUT2D eigenvalue weighted by Crippen LogP contribution is 2.13. The Morgan fingerprint density at radius 2 is 1.33 bits per heavy atom. The second-order valence-electron chi connectivity index (χ2n) is 5.69. The van der Waals surface area contributed by atoms with Gasteiger partial charge in [0.2, 0.25) is 5.28 Å². The molecule has 2 aliphatic heterocycles. The maximum absolute atomic E-state index is 10.7. The number of nitrogens with zero attached hydrogens (tertiary/aromatic N) is 5. The van der Waals surface area contributed by atoms with E-state index in [1.807, 2.05) is 0 Å². The zero-order chi connectivity index (χ0) is 18.2. The highest BCUT2D eigenvalue weighted by molar-refractivity contribution is 6.28. The Hall–Kier alpha value is -1.94. The molecule has 0 radical (unpaired) electrons. The summed E-state index contributed by atoms with van der Waals surface area (Å²) in [5.41, 5.74) is 1.65. The lowest BCUT2D eigenvalue weighted by Gasteiger charge is -2.27. The molecule has 0 aliphatic carbocycles. The summed E-state index contributed by atoms with van der Waals surface area (Å²) < 4.78 is 10.4. The van der Waals surface area contributed by atoms with Crippen LogP contribution in [0, 0.1) is 0 Å². The fraction of sp³-hybridized carbons (Fsp3) is 0.500. The third-order valence-electron chi connectivity index (χ3n) is 4.02. The van der Waals surface area contributed by atoms with Crippen molar-refractivity contribution in [2.24, 2.45) is 0 Å². The first-order valence-corrected chi connectivity index (χ1v) is 8.78. The molecular weight excluding hydrogens is 395 g/mol. The normalized spacial score (nSPS) is 16.8. The van der Waals surface area contributed by atoms with Gasteiger partial charge in [-0.1, -0.05) is 0 Å². The van der Waals surface area contributed by atoms with Gasteiger partial charge in [-0.15, -0.1) is 12.4 Å². The smallest absolute Gasteiger partial charge is 0.345 e. The third-order valence-corrected chi connectivity index (χ3v) is 4.21. The molecule has 27 heavy (non-hydrogen) atoms. The number of aromatic amines is 1. The zero-order valence-electron chi connectivity index (χ0n) is 14.7. The van der Waals surface area contributed by atoms with Crippen LogP contribution in [0.5, 0.6) is 0 Å². The van der Waals surface area contributed by atoms with Gasteiger partial charge in [-0.05, 0) is 11.6 Å². The fourth-order valence-corrected chi connectivity index (χ4v) is 2.72. The van der Waals surface area contributed by atoms with Gasteiger partial charge in [0.05, 0.1) is 56.4 Å². The number of H-pyrrole nitrogens is 1. The van der Waals surface area contributed by atoms with E-state index in [4.69, 9.17) is 21.1 Å². The van der Waals surface area contributed by atoms with Crippen LogP contribution in [0.3, 0.4) is 0 Å². The minimum atomic E-state index is -0.308. The van der Waals surface area contributed by atoms with E-state index < -0.39 is 0 Å². The van der Waals surface area contributed by atoms with Crippen molar-refractivity contribution < 1.29 is 9.47 Å². The van der Waals surface area contributed by atoms with E-state index >= 15 is 0 Å². The molecule has 0 saturated carbocycles. The van der Waals surface area contributed by atoms with Crippen LogP contribution < -0.4 is 15.5 Å². The molecule has 148 valence electrons. The number of nitrogens with one attached hydrogen (secondary N) is 1. The highest BCUT2D eigenvalue weighted by atomic mass is 35.5. The van der Waals surface area contributed by atoms with E-state index in [0.717, 1.165) is 64.0 Å². The molecule has 0 atom stereocenters. The van der Waals surface area contributed by atoms with Crippen LogP contribution in [-0.2, 0) is 9.47 Å². The van der Waals surface area contributed by atoms with Gasteiger partial charge >= 0.3 is 5.69 Å². The molecule has 2 aromatic rings. The number of ether oxygens (including phenoxy) is 2. The topological polar surface area (TPSA) is 96.5 Å². The van der Waals surface area contributed by atoms with Gasteiger partial charge in [0.1, 0.15) is 0 Å². The minimum Gasteiger partial charge on any atom is -0.378 e. The largest absolute Gasteiger partial charge is 0.378 e. The number of aromatic nitrogens is 4. The summed E-state index contributed by atoms with van der Waals surface area (Å²) in [6.45, 7) is 6.50. The molecule has 0 unspecified atom stereocenters. The standard InChI is InChI=1S/C8H10ClN3O.C8H11N3O2.ClH/c9-8-10-5-7(6-11-8)12-1-3-13-4-2-12;12-8-9-5-7(6-10-8)11-1-3-13-4-2-11;/h5-6H,1-4H2;5-6H,1-4H2,(H,9,10,12);1H. The van der Waals surface area contributed by atoms with Gasteiger partial charge < -0.3 is 24.3 Å². The van der Waals surface area contributed by atoms with E-state index in [1.54, 1.807) is 24.8 Å². The van der Waals surface area contributed by atoms with Crippen molar-refractivity contribution in [2.75, 3.05) is 62.4 Å². The van der Waals surface area contributed by atoms with Crippen LogP contribution in [0.2, 0.25) is 5.28 Å². The second-order valence-corrected chi connectivity index (χ2v) is 6.02. The van der Waals surface area contributed by atoms with Gasteiger partial charge in [0.15, 0.2) is 0 Å². The van der Waals surface area contributed by atoms with E-state index in [0.29, 0.717) is 0 Å². The van der Waals surface area contributed by atoms with Gasteiger partial charge in [-0.2, -0.15) is 4.98 Å². The van der Waals surface area contributed by atoms with E-state index in [1.165, 1.54) is 0 Å². The van der Waals surface area contributed by atoms with E-state index in [9.17, 15) is 4.79 Å². The first-order chi connectivity index (χ1) is 12.7. The Bertz CT molecular complexity index is 713. The van der Waals surface area contributed by atoms with Crippen molar-refractivity contribution in [1.82, 2.24) is 19.9 Å². The van der Waals surface area contributed by atoms with Gasteiger partial charge in [0, 0.05) is 32.4 Å². The molecule has 2 fully saturated rings. The maximum Gasteiger partial charge on any atom is 0.345 e. The first kappa shape index (κ1) is 21.4. The van der Waals surface area contributed by atoms with Crippen molar-refractivity contribution >= 4 is 35.4 Å². The molecule has 2 saturated heterocycles. The average Bonchev–Trinajstić information content (AvgIpc) is 2.71. The summed E-state index contributed by atoms with van der Waals surface area (Å²) in [5, 5.41) is 0.289. The minimum absolute atomic E-state index is 0. The molecule has 2 aromatic heterocycles. The molecule has 0 bridgehead atoms. The monoisotopic (exact) mass is 416 g/mol. The summed E-state index contributed by atoms with van der Waals surface area (Å²) in [6, 6.07) is 0. The Morgan fingerprint density at radius 1 is 0.852 bits per heavy atom. The summed E-state index contributed by atoms with van der Waals surface area (Å²) in [7, 11) is 0. The quantitative estimate of drug-likeness (QED) is 0.723. The van der Waals surface area contributed by atoms with Gasteiger partial charge in [-0.3, -0.25) is 0 Å². The number of morpholine rings is 2. The van der Waals surface area contributed by atoms with Crippen LogP contribution >= 0.6 is 24.0 Å². The number of hydrogen-bond donors (Lipinski definition) is 1. The van der Waals surface area contributed by atoms with Crippen LogP contribution in [0.1, 0.15) is 0 Å². The predicted octanol–water partition coefficient (Wildman–Crippen LogP) is 0.995. The summed E-state index contributed by atoms with van der Waals surface area (Å²) in [6.07, 6.45) is 6.74. The molecule has 4 heterocycles. The molecule has 0 spiro atoms. The SMILES string of the molecule is Cl.Clc1ncc(N2CCOCC2)cn1.O=c1ncc(N2CCOCC2)c[nH]1. The van der Waals surface area contributed by atoms with E-state index in [2.05, 4.69) is 29.7 Å². The van der Waals surface area contributed by atoms with Crippen LogP contribution in [0.15, 0.2) is 29.6 Å². The van der Waals surface area contributed by atoms with Crippen molar-refractivity contribution in [3.8, 4) is 0 Å². The molecule has 11 heteroatoms. The molecule has 0 aromatic carbocycles. The Balaban J connectivity index is 0.000000187. The van der Waals surface area contributed by atoms with Crippen molar-refractivity contribution in [3.63, 3.8) is 0 Å². The fourth-order valence-electron chi connectivity index (χ4n) is 2.62. The lowest BCUT2D eigenvalue weighted by molar-refractivity contribution is 0.122. The number of rotatable bonds is 2. The first-order valence-electron chi connectivity index (χ1n) is 8.40. The molecule has 1 N–H and O–H groups in total. The average molecular weight is 417 g/mol. The number of halogens is 2. The number of hydrogen-bond acceptors (Lipinski definition) is 8. The molecule has 2 aliphatic rings. The molecule has 0 amide bonds. The van der Waals surface area contributed by atoms with E-state index in [-0.39, 0.29) is 23.4 Å². The Morgan fingerprint density at radius 3 is 1.81 bits per heavy atom. The predicted molar refractivity (Wildman–Crippen MR) is 105 cm³/mol. The van der Waals surface area contributed by atoms with Crippen molar-refractivity contribution in [3.05, 3.63) is 40.6 Å². The van der Waals surface area contributed by atoms with Gasteiger partial charge in [-0.25, -0.2) is 14.8 Å². The van der Waals surface area contributed by atoms with Crippen molar-refractivity contribution in [1.29, 1.82) is 0 Å². The van der Waals surface area contributed by atoms with Crippen LogP contribution in [-0.4, -0.2) is 72.5 Å². The molecular formula is C16H22Cl2N6O3. The summed E-state index contributed by atoms with van der Waals surface area (Å²) in [4.78, 5) is 29.1. The lowest BCUT2D eigenvalue weighted by Crippen LogP contribution is -2.36. The van der Waals surface area contributed by atoms with Crippen molar-refractivity contribution in [2.45, 2.75) is 0 Å². The zero-order valence-corrected chi connectivity index (χ0v) is 16.3. The summed E-state index contributed by atoms with van der Waals surface area (Å²) >= 11 is 5.59. The Labute approximate surface area is 168 Å². The number of anilines is 2. The van der Waals surface area contributed by atoms with Crippen LogP contribution in [0.25, 0.3) is 0 Å². The highest BCUT2D eigenvalue weighted by Gasteiger charge is 2.12. The molecule has 4 rings (SSSR count). The second kappa shape index (κ2) is 11.0. The molecule has 9 nitrogen and oxygen atoms in total.